The quantitative estimate of drug-likeness (QED) is 0.281. The number of rotatable bonds is 3. The van der Waals surface area contributed by atoms with Crippen LogP contribution >= 0.6 is 0 Å². The Bertz CT molecular complexity index is 1330. The summed E-state index contributed by atoms with van der Waals surface area (Å²) in [5.74, 6) is -1.26. The maximum atomic E-state index is 13.1. The Labute approximate surface area is 178 Å². The lowest BCUT2D eigenvalue weighted by Gasteiger charge is -2.23. The first-order valence-electron chi connectivity index (χ1n) is 9.95. The Balaban J connectivity index is 1.70. The summed E-state index contributed by atoms with van der Waals surface area (Å²) in [5.41, 5.74) is 2.07. The van der Waals surface area contributed by atoms with E-state index in [9.17, 15) is 14.7 Å². The number of aliphatic hydroxyl groups excluding tert-OH is 1. The number of anilines is 1. The van der Waals surface area contributed by atoms with Crippen LogP contribution < -0.4 is 4.90 Å². The molecule has 5 nitrogen and oxygen atoms in total. The second kappa shape index (κ2) is 7.29. The number of aryl methyl sites for hydroxylation is 1. The number of carbonyl (C=O) groups is 2. The van der Waals surface area contributed by atoms with Crippen molar-refractivity contribution in [1.29, 1.82) is 0 Å². The second-order valence-corrected chi connectivity index (χ2v) is 7.58. The highest BCUT2D eigenvalue weighted by Crippen LogP contribution is 2.42. The molecule has 1 unspecified atom stereocenters. The highest BCUT2D eigenvalue weighted by molar-refractivity contribution is 6.51. The number of ketones is 1. The third kappa shape index (κ3) is 3.11. The molecule has 1 aliphatic rings. The van der Waals surface area contributed by atoms with Gasteiger partial charge >= 0.3 is 0 Å². The van der Waals surface area contributed by atoms with Crippen LogP contribution in [-0.2, 0) is 9.59 Å². The summed E-state index contributed by atoms with van der Waals surface area (Å²) >= 11 is 0. The van der Waals surface area contributed by atoms with Crippen LogP contribution in [0.3, 0.4) is 0 Å². The van der Waals surface area contributed by atoms with Crippen LogP contribution in [0, 0.1) is 6.92 Å². The van der Waals surface area contributed by atoms with Crippen LogP contribution in [-0.4, -0.2) is 16.8 Å². The molecule has 1 atom stereocenters. The lowest BCUT2D eigenvalue weighted by Crippen LogP contribution is -2.29. The van der Waals surface area contributed by atoms with Gasteiger partial charge in [0, 0.05) is 11.3 Å². The average molecular weight is 409 g/mol. The van der Waals surface area contributed by atoms with Crippen LogP contribution in [0.25, 0.3) is 16.5 Å². The first kappa shape index (κ1) is 18.9. The molecule has 0 aliphatic carbocycles. The molecule has 5 rings (SSSR count). The zero-order valence-electron chi connectivity index (χ0n) is 16.8. The fourth-order valence-corrected chi connectivity index (χ4v) is 4.01. The molecule has 0 spiro atoms. The van der Waals surface area contributed by atoms with Gasteiger partial charge in [-0.15, -0.1) is 0 Å². The summed E-state index contributed by atoms with van der Waals surface area (Å²) in [4.78, 5) is 27.5. The van der Waals surface area contributed by atoms with Crippen LogP contribution in [0.4, 0.5) is 5.69 Å². The van der Waals surface area contributed by atoms with Crippen LogP contribution in [0.1, 0.15) is 22.9 Å². The minimum atomic E-state index is -0.857. The fraction of sp³-hybridized carbons (Fsp3) is 0.0769. The monoisotopic (exact) mass is 409 g/mol. The predicted molar refractivity (Wildman–Crippen MR) is 119 cm³/mol. The smallest absolute Gasteiger partial charge is 0.300 e. The third-order valence-electron chi connectivity index (χ3n) is 5.59. The van der Waals surface area contributed by atoms with Gasteiger partial charge in [0.05, 0.1) is 11.8 Å². The van der Waals surface area contributed by atoms with Crippen molar-refractivity contribution in [1.82, 2.24) is 0 Å². The molecule has 0 saturated carbocycles. The van der Waals surface area contributed by atoms with Crippen molar-refractivity contribution in [3.05, 3.63) is 108 Å². The number of fused-ring (bicyclic) bond motifs is 1. The lowest BCUT2D eigenvalue weighted by atomic mass is 9.97. The average Bonchev–Trinajstić information content (AvgIpc) is 3.41. The minimum Gasteiger partial charge on any atom is -0.507 e. The minimum absolute atomic E-state index is 0.0100. The van der Waals surface area contributed by atoms with E-state index in [2.05, 4.69) is 0 Å². The summed E-state index contributed by atoms with van der Waals surface area (Å²) in [6.07, 6.45) is 1.49. The molecular weight excluding hydrogens is 390 g/mol. The van der Waals surface area contributed by atoms with Gasteiger partial charge in [-0.25, -0.2) is 0 Å². The molecule has 1 aromatic heterocycles. The number of Topliss-reactive ketones (excluding diaryl/α,β-unsaturated/α-hetero) is 1. The van der Waals surface area contributed by atoms with E-state index < -0.39 is 17.7 Å². The van der Waals surface area contributed by atoms with Crippen molar-refractivity contribution >= 4 is 33.9 Å². The number of hydrogen-bond acceptors (Lipinski definition) is 4. The number of furan rings is 1. The molecule has 5 heteroatoms. The molecule has 3 aromatic carbocycles. The van der Waals surface area contributed by atoms with Crippen molar-refractivity contribution in [2.45, 2.75) is 13.0 Å². The molecule has 1 aliphatic heterocycles. The van der Waals surface area contributed by atoms with Gasteiger partial charge in [0.2, 0.25) is 0 Å². The van der Waals surface area contributed by atoms with Gasteiger partial charge in [-0.1, -0.05) is 54.1 Å². The van der Waals surface area contributed by atoms with Crippen LogP contribution in [0.5, 0.6) is 0 Å². The summed E-state index contributed by atoms with van der Waals surface area (Å²) < 4.78 is 5.58. The van der Waals surface area contributed by atoms with E-state index in [1.54, 1.807) is 30.3 Å². The van der Waals surface area contributed by atoms with E-state index in [0.29, 0.717) is 17.0 Å². The van der Waals surface area contributed by atoms with Crippen molar-refractivity contribution in [3.63, 3.8) is 0 Å². The van der Waals surface area contributed by atoms with Gasteiger partial charge in [0.1, 0.15) is 17.6 Å². The van der Waals surface area contributed by atoms with E-state index in [0.717, 1.165) is 16.3 Å². The van der Waals surface area contributed by atoms with Crippen LogP contribution in [0.15, 0.2) is 95.1 Å². The molecule has 1 amide bonds. The molecule has 4 aromatic rings. The Morgan fingerprint density at radius 2 is 1.65 bits per heavy atom. The Morgan fingerprint density at radius 3 is 2.35 bits per heavy atom. The van der Waals surface area contributed by atoms with Gasteiger partial charge in [-0.3, -0.25) is 14.5 Å². The summed E-state index contributed by atoms with van der Waals surface area (Å²) in [7, 11) is 0. The largest absolute Gasteiger partial charge is 0.507 e. The van der Waals surface area contributed by atoms with Crippen molar-refractivity contribution in [3.8, 4) is 0 Å². The van der Waals surface area contributed by atoms with Gasteiger partial charge in [-0.2, -0.15) is 0 Å². The molecule has 31 heavy (non-hydrogen) atoms. The van der Waals surface area contributed by atoms with E-state index in [4.69, 9.17) is 4.42 Å². The van der Waals surface area contributed by atoms with E-state index in [-0.39, 0.29) is 11.3 Å². The molecule has 2 heterocycles. The standard InChI is InChI=1S/C26H19NO4/c1-16-8-12-20(13-9-16)27-23(21-7-4-14-31-21)22(25(29)26(27)30)24(28)19-11-10-17-5-2-3-6-18(17)15-19/h2-15,23,28H,1H3/b24-22-. The van der Waals surface area contributed by atoms with Gasteiger partial charge < -0.3 is 9.52 Å². The van der Waals surface area contributed by atoms with E-state index in [1.165, 1.54) is 11.2 Å². The van der Waals surface area contributed by atoms with Crippen molar-refractivity contribution in [2.24, 2.45) is 0 Å². The topological polar surface area (TPSA) is 70.8 Å². The number of hydrogen-bond donors (Lipinski definition) is 1. The first-order valence-corrected chi connectivity index (χ1v) is 9.95. The van der Waals surface area contributed by atoms with Crippen molar-refractivity contribution in [2.75, 3.05) is 4.90 Å². The zero-order chi connectivity index (χ0) is 21.5. The summed E-state index contributed by atoms with van der Waals surface area (Å²) in [6, 6.07) is 23.0. The van der Waals surface area contributed by atoms with Gasteiger partial charge in [0.15, 0.2) is 0 Å². The van der Waals surface area contributed by atoms with Gasteiger partial charge in [0.25, 0.3) is 11.7 Å². The molecule has 0 bridgehead atoms. The predicted octanol–water partition coefficient (Wildman–Crippen LogP) is 5.37. The second-order valence-electron chi connectivity index (χ2n) is 7.58. The SMILES string of the molecule is Cc1ccc(N2C(=O)C(=O)/C(=C(\O)c3ccc4ccccc4c3)C2c2ccco2)cc1. The molecule has 1 N–H and O–H groups in total. The number of benzene rings is 3. The number of nitrogens with zero attached hydrogens (tertiary/aromatic N) is 1. The van der Waals surface area contributed by atoms with E-state index in [1.807, 2.05) is 55.5 Å². The Kier molecular flexibility index (Phi) is 4.44. The maximum Gasteiger partial charge on any atom is 0.300 e. The number of aliphatic hydroxyl groups is 1. The highest BCUT2D eigenvalue weighted by Gasteiger charge is 2.48. The normalized spacial score (nSPS) is 18.1. The Hall–Kier alpha value is -4.12. The van der Waals surface area contributed by atoms with E-state index >= 15 is 0 Å². The summed E-state index contributed by atoms with van der Waals surface area (Å²) in [5, 5.41) is 13.1. The van der Waals surface area contributed by atoms with Crippen LogP contribution in [0.2, 0.25) is 0 Å². The lowest BCUT2D eigenvalue weighted by molar-refractivity contribution is -0.132. The number of amides is 1. The Morgan fingerprint density at radius 1 is 0.903 bits per heavy atom. The highest BCUT2D eigenvalue weighted by atomic mass is 16.3. The summed E-state index contributed by atoms with van der Waals surface area (Å²) in [6.45, 7) is 1.95. The van der Waals surface area contributed by atoms with Crippen molar-refractivity contribution < 1.29 is 19.1 Å². The third-order valence-corrected chi connectivity index (χ3v) is 5.59. The fourth-order valence-electron chi connectivity index (χ4n) is 4.01. The molecular formula is C26H19NO4. The van der Waals surface area contributed by atoms with Gasteiger partial charge in [-0.05, 0) is 48.0 Å². The maximum absolute atomic E-state index is 13.1. The molecule has 1 fully saturated rings. The number of carbonyl (C=O) groups excluding carboxylic acids is 2. The zero-order valence-corrected chi connectivity index (χ0v) is 16.8. The first-order chi connectivity index (χ1) is 15.0. The molecule has 0 radical (unpaired) electrons. The molecule has 1 saturated heterocycles. The molecule has 152 valence electrons.